The molecule has 0 spiro atoms. The van der Waals surface area contributed by atoms with Gasteiger partial charge in [-0.3, -0.25) is 4.79 Å². The largest absolute Gasteiger partial charge is 0.497 e. The van der Waals surface area contributed by atoms with Gasteiger partial charge in [0.25, 0.3) is 0 Å². The molecule has 6 heteroatoms. The highest BCUT2D eigenvalue weighted by Crippen LogP contribution is 2.17. The van der Waals surface area contributed by atoms with E-state index in [-0.39, 0.29) is 13.1 Å². The minimum absolute atomic E-state index is 0.211. The van der Waals surface area contributed by atoms with E-state index in [4.69, 9.17) is 9.84 Å². The van der Waals surface area contributed by atoms with Crippen LogP contribution in [-0.2, 0) is 11.3 Å². The Balaban J connectivity index is 2.11. The third kappa shape index (κ3) is 5.03. The number of urea groups is 1. The highest BCUT2D eigenvalue weighted by molar-refractivity contribution is 5.91. The van der Waals surface area contributed by atoms with Crippen molar-refractivity contribution in [3.05, 3.63) is 60.2 Å². The van der Waals surface area contributed by atoms with Crippen LogP contribution in [0.25, 0.3) is 0 Å². The standard InChI is InChI=1S/C17H18N2O4/c1-23-15-9-5-8-14(10-15)18-17(22)19(12-16(20)21)11-13-6-3-2-4-7-13/h2-10H,11-12H2,1H3,(H,18,22)(H,20,21). The number of ether oxygens (including phenoxy) is 1. The number of hydrogen-bond acceptors (Lipinski definition) is 3. The van der Waals surface area contributed by atoms with E-state index in [1.807, 2.05) is 30.3 Å². The number of benzene rings is 2. The molecule has 23 heavy (non-hydrogen) atoms. The summed E-state index contributed by atoms with van der Waals surface area (Å²) in [6.07, 6.45) is 0. The molecule has 6 nitrogen and oxygen atoms in total. The van der Waals surface area contributed by atoms with Crippen LogP contribution in [0.15, 0.2) is 54.6 Å². The Bertz CT molecular complexity index is 673. The number of carbonyl (C=O) groups excluding carboxylic acids is 1. The van der Waals surface area contributed by atoms with Gasteiger partial charge in [0.2, 0.25) is 0 Å². The van der Waals surface area contributed by atoms with Gasteiger partial charge >= 0.3 is 12.0 Å². The number of amides is 2. The second-order valence-electron chi connectivity index (χ2n) is 4.90. The zero-order chi connectivity index (χ0) is 16.7. The maximum Gasteiger partial charge on any atom is 0.323 e. The Morgan fingerprint density at radius 2 is 1.87 bits per heavy atom. The molecular weight excluding hydrogens is 296 g/mol. The van der Waals surface area contributed by atoms with Crippen molar-refractivity contribution in [1.29, 1.82) is 0 Å². The van der Waals surface area contributed by atoms with Crippen LogP contribution >= 0.6 is 0 Å². The zero-order valence-corrected chi connectivity index (χ0v) is 12.7. The van der Waals surface area contributed by atoms with Gasteiger partial charge in [0, 0.05) is 18.3 Å². The second-order valence-corrected chi connectivity index (χ2v) is 4.90. The quantitative estimate of drug-likeness (QED) is 0.859. The summed E-state index contributed by atoms with van der Waals surface area (Å²) in [6, 6.07) is 15.6. The minimum atomic E-state index is -1.07. The van der Waals surface area contributed by atoms with Crippen molar-refractivity contribution < 1.29 is 19.4 Å². The lowest BCUT2D eigenvalue weighted by atomic mass is 10.2. The first-order chi connectivity index (χ1) is 11.1. The molecule has 0 bridgehead atoms. The van der Waals surface area contributed by atoms with E-state index in [2.05, 4.69) is 5.32 Å². The van der Waals surface area contributed by atoms with Gasteiger partial charge in [-0.1, -0.05) is 36.4 Å². The lowest BCUT2D eigenvalue weighted by molar-refractivity contribution is -0.137. The predicted octanol–water partition coefficient (Wildman–Crippen LogP) is 2.81. The molecule has 0 saturated heterocycles. The molecule has 0 fully saturated rings. The Hall–Kier alpha value is -3.02. The fraction of sp³-hybridized carbons (Fsp3) is 0.176. The van der Waals surface area contributed by atoms with Gasteiger partial charge in [0.05, 0.1) is 7.11 Å². The molecule has 2 N–H and O–H groups in total. The molecule has 120 valence electrons. The van der Waals surface area contributed by atoms with Crippen LogP contribution in [0.2, 0.25) is 0 Å². The molecule has 0 aromatic heterocycles. The summed E-state index contributed by atoms with van der Waals surface area (Å²) in [5.74, 6) is -0.461. The molecule has 0 unspecified atom stereocenters. The monoisotopic (exact) mass is 314 g/mol. The van der Waals surface area contributed by atoms with Crippen LogP contribution in [0.4, 0.5) is 10.5 Å². The van der Waals surface area contributed by atoms with E-state index >= 15 is 0 Å². The van der Waals surface area contributed by atoms with Gasteiger partial charge < -0.3 is 20.1 Å². The third-order valence-corrected chi connectivity index (χ3v) is 3.15. The van der Waals surface area contributed by atoms with Crippen LogP contribution in [0.5, 0.6) is 5.75 Å². The van der Waals surface area contributed by atoms with Gasteiger partial charge in [-0.05, 0) is 17.7 Å². The highest BCUT2D eigenvalue weighted by atomic mass is 16.5. The number of rotatable bonds is 6. The summed E-state index contributed by atoms with van der Waals surface area (Å²) in [6.45, 7) is -0.173. The first-order valence-corrected chi connectivity index (χ1v) is 7.04. The van der Waals surface area contributed by atoms with Crippen molar-refractivity contribution in [2.45, 2.75) is 6.54 Å². The minimum Gasteiger partial charge on any atom is -0.497 e. The van der Waals surface area contributed by atoms with Gasteiger partial charge in [-0.2, -0.15) is 0 Å². The molecule has 0 atom stereocenters. The van der Waals surface area contributed by atoms with E-state index < -0.39 is 12.0 Å². The SMILES string of the molecule is COc1cccc(NC(=O)N(CC(=O)O)Cc2ccccc2)c1. The van der Waals surface area contributed by atoms with Crippen LogP contribution in [-0.4, -0.2) is 35.7 Å². The van der Waals surface area contributed by atoms with Gasteiger partial charge in [0.1, 0.15) is 12.3 Å². The number of methoxy groups -OCH3 is 1. The lowest BCUT2D eigenvalue weighted by Gasteiger charge is -2.21. The first-order valence-electron chi connectivity index (χ1n) is 7.04. The molecule has 0 radical (unpaired) electrons. The molecule has 0 aliphatic rings. The van der Waals surface area contributed by atoms with Crippen molar-refractivity contribution in [3.8, 4) is 5.75 Å². The predicted molar refractivity (Wildman–Crippen MR) is 86.5 cm³/mol. The number of carboxylic acid groups (broad SMARTS) is 1. The average molecular weight is 314 g/mol. The smallest absolute Gasteiger partial charge is 0.323 e. The Labute approximate surface area is 134 Å². The van der Waals surface area contributed by atoms with Crippen molar-refractivity contribution in [3.63, 3.8) is 0 Å². The molecule has 0 saturated carbocycles. The number of nitrogens with one attached hydrogen (secondary N) is 1. The van der Waals surface area contributed by atoms with E-state index in [0.29, 0.717) is 11.4 Å². The van der Waals surface area contributed by atoms with Crippen molar-refractivity contribution in [2.75, 3.05) is 19.0 Å². The van der Waals surface area contributed by atoms with Crippen molar-refractivity contribution >= 4 is 17.7 Å². The Morgan fingerprint density at radius 1 is 1.13 bits per heavy atom. The van der Waals surface area contributed by atoms with Crippen molar-refractivity contribution in [2.24, 2.45) is 0 Å². The maximum absolute atomic E-state index is 12.4. The second kappa shape index (κ2) is 7.84. The molecule has 2 amide bonds. The highest BCUT2D eigenvalue weighted by Gasteiger charge is 2.17. The fourth-order valence-corrected chi connectivity index (χ4v) is 2.07. The molecule has 0 aliphatic heterocycles. The van der Waals surface area contributed by atoms with Crippen LogP contribution in [0, 0.1) is 0 Å². The summed E-state index contributed by atoms with van der Waals surface area (Å²) >= 11 is 0. The number of aliphatic carboxylic acids is 1. The maximum atomic E-state index is 12.4. The molecule has 2 aromatic rings. The molecule has 0 heterocycles. The molecular formula is C17H18N2O4. The Morgan fingerprint density at radius 3 is 2.52 bits per heavy atom. The van der Waals surface area contributed by atoms with Gasteiger partial charge in [0.15, 0.2) is 0 Å². The number of anilines is 1. The van der Waals surface area contributed by atoms with E-state index in [0.717, 1.165) is 5.56 Å². The van der Waals surface area contributed by atoms with Gasteiger partial charge in [-0.25, -0.2) is 4.79 Å². The zero-order valence-electron chi connectivity index (χ0n) is 12.7. The van der Waals surface area contributed by atoms with E-state index in [1.165, 1.54) is 12.0 Å². The average Bonchev–Trinajstić information content (AvgIpc) is 2.55. The summed E-state index contributed by atoms with van der Waals surface area (Å²) < 4.78 is 5.10. The van der Waals surface area contributed by atoms with Gasteiger partial charge in [-0.15, -0.1) is 0 Å². The van der Waals surface area contributed by atoms with Crippen molar-refractivity contribution in [1.82, 2.24) is 4.90 Å². The van der Waals surface area contributed by atoms with E-state index in [1.54, 1.807) is 24.3 Å². The summed E-state index contributed by atoms with van der Waals surface area (Å²) in [5.41, 5.74) is 1.40. The van der Waals surface area contributed by atoms with Crippen LogP contribution in [0.3, 0.4) is 0 Å². The molecule has 2 rings (SSSR count). The van der Waals surface area contributed by atoms with E-state index in [9.17, 15) is 9.59 Å². The summed E-state index contributed by atoms with van der Waals surface area (Å²) in [7, 11) is 1.53. The summed E-state index contributed by atoms with van der Waals surface area (Å²) in [5, 5.41) is 11.7. The number of carboxylic acids is 1. The number of hydrogen-bond donors (Lipinski definition) is 2. The normalized spacial score (nSPS) is 9.96. The first kappa shape index (κ1) is 16.4. The molecule has 0 aliphatic carbocycles. The van der Waals surface area contributed by atoms with Crippen LogP contribution in [0.1, 0.15) is 5.56 Å². The fourth-order valence-electron chi connectivity index (χ4n) is 2.07. The molecule has 2 aromatic carbocycles. The Kier molecular flexibility index (Phi) is 5.57. The number of carbonyl (C=O) groups is 2. The lowest BCUT2D eigenvalue weighted by Crippen LogP contribution is -2.38. The third-order valence-electron chi connectivity index (χ3n) is 3.15. The topological polar surface area (TPSA) is 78.9 Å². The van der Waals surface area contributed by atoms with Crippen LogP contribution < -0.4 is 10.1 Å². The summed E-state index contributed by atoms with van der Waals surface area (Å²) in [4.78, 5) is 24.6. The number of nitrogens with zero attached hydrogens (tertiary/aromatic N) is 1.